The summed E-state index contributed by atoms with van der Waals surface area (Å²) in [6.07, 6.45) is 4.11. The topological polar surface area (TPSA) is 29.9 Å². The van der Waals surface area contributed by atoms with Gasteiger partial charge in [-0.15, -0.1) is 0 Å². The standard InChI is InChI=1S/C31H29N2S/c1-2-30-33(31-27(18-11-21-29(31)34-30)26-17-9-10-20-28(26)32)22-12-19-25(23-13-5-3-6-14-23)24-15-7-4-8-16-24/h2-11,13-18,20-21,25H,1,12,19,22,32H2/q+1. The van der Waals surface area contributed by atoms with Crippen LogP contribution < -0.4 is 10.3 Å². The summed E-state index contributed by atoms with van der Waals surface area (Å²) in [7, 11) is 0. The number of anilines is 1. The molecular formula is C31H29N2S+. The highest BCUT2D eigenvalue weighted by molar-refractivity contribution is 7.18. The Morgan fingerprint density at radius 2 is 1.38 bits per heavy atom. The molecule has 0 saturated heterocycles. The molecular weight excluding hydrogens is 432 g/mol. The van der Waals surface area contributed by atoms with Crippen molar-refractivity contribution >= 4 is 33.3 Å². The second kappa shape index (κ2) is 10.1. The molecule has 1 heterocycles. The molecule has 168 valence electrons. The Labute approximate surface area is 205 Å². The lowest BCUT2D eigenvalue weighted by molar-refractivity contribution is -0.669. The number of aryl methyl sites for hydroxylation is 1. The van der Waals surface area contributed by atoms with Crippen LogP contribution in [0.25, 0.3) is 27.4 Å². The molecule has 0 bridgehead atoms. The SMILES string of the molecule is C=Cc1sc2cccc(-c3ccccc3N)c2[n+]1CCCC(c1ccccc1)c1ccccc1. The van der Waals surface area contributed by atoms with E-state index in [0.29, 0.717) is 5.92 Å². The van der Waals surface area contributed by atoms with Gasteiger partial charge < -0.3 is 5.73 Å². The van der Waals surface area contributed by atoms with Gasteiger partial charge in [-0.3, -0.25) is 0 Å². The van der Waals surface area contributed by atoms with Crippen molar-refractivity contribution in [3.05, 3.63) is 126 Å². The number of hydrogen-bond donors (Lipinski definition) is 1. The average Bonchev–Trinajstić information content (AvgIpc) is 3.26. The molecule has 4 aromatic carbocycles. The molecule has 0 saturated carbocycles. The minimum Gasteiger partial charge on any atom is -0.398 e. The number of fused-ring (bicyclic) bond motifs is 1. The van der Waals surface area contributed by atoms with Gasteiger partial charge in [0, 0.05) is 29.7 Å². The molecule has 3 heteroatoms. The second-order valence-corrected chi connectivity index (χ2v) is 9.61. The number of benzene rings is 4. The summed E-state index contributed by atoms with van der Waals surface area (Å²) in [4.78, 5) is 0. The van der Waals surface area contributed by atoms with Crippen molar-refractivity contribution < 1.29 is 4.57 Å². The minimum atomic E-state index is 0.379. The Balaban J connectivity index is 1.49. The third-order valence-corrected chi connectivity index (χ3v) is 7.60. The van der Waals surface area contributed by atoms with Gasteiger partial charge in [0.2, 0.25) is 5.52 Å². The molecule has 0 atom stereocenters. The summed E-state index contributed by atoms with van der Waals surface area (Å²) in [6, 6.07) is 36.3. The maximum absolute atomic E-state index is 6.38. The van der Waals surface area contributed by atoms with Gasteiger partial charge in [0.15, 0.2) is 6.54 Å². The zero-order chi connectivity index (χ0) is 23.3. The molecule has 2 nitrogen and oxygen atoms in total. The fourth-order valence-electron chi connectivity index (χ4n) is 4.84. The number of nitrogens with zero attached hydrogens (tertiary/aromatic N) is 1. The van der Waals surface area contributed by atoms with E-state index in [1.54, 1.807) is 11.3 Å². The van der Waals surface area contributed by atoms with Gasteiger partial charge >= 0.3 is 0 Å². The van der Waals surface area contributed by atoms with Crippen molar-refractivity contribution in [2.45, 2.75) is 25.3 Å². The molecule has 0 fully saturated rings. The van der Waals surface area contributed by atoms with Crippen LogP contribution in [0.4, 0.5) is 5.69 Å². The molecule has 1 aromatic heterocycles. The summed E-state index contributed by atoms with van der Waals surface area (Å²) >= 11 is 1.79. The second-order valence-electron chi connectivity index (χ2n) is 8.55. The lowest BCUT2D eigenvalue weighted by Gasteiger charge is -2.17. The molecule has 0 aliphatic heterocycles. The Morgan fingerprint density at radius 3 is 2.03 bits per heavy atom. The molecule has 5 aromatic rings. The van der Waals surface area contributed by atoms with Crippen LogP contribution in [0.5, 0.6) is 0 Å². The number of nitrogen functional groups attached to an aromatic ring is 1. The first-order chi connectivity index (χ1) is 16.8. The van der Waals surface area contributed by atoms with E-state index < -0.39 is 0 Å². The first kappa shape index (κ1) is 22.1. The molecule has 0 spiro atoms. The third kappa shape index (κ3) is 4.40. The summed E-state index contributed by atoms with van der Waals surface area (Å²) in [5, 5.41) is 1.19. The van der Waals surface area contributed by atoms with Gasteiger partial charge in [-0.2, -0.15) is 4.57 Å². The van der Waals surface area contributed by atoms with Crippen molar-refractivity contribution in [1.29, 1.82) is 0 Å². The molecule has 5 rings (SSSR count). The van der Waals surface area contributed by atoms with E-state index in [1.165, 1.54) is 31.9 Å². The number of rotatable bonds is 8. The van der Waals surface area contributed by atoms with E-state index in [-0.39, 0.29) is 0 Å². The zero-order valence-corrected chi connectivity index (χ0v) is 20.0. The average molecular weight is 462 g/mol. The Kier molecular flexibility index (Phi) is 6.55. The van der Waals surface area contributed by atoms with E-state index in [2.05, 4.69) is 102 Å². The van der Waals surface area contributed by atoms with Crippen molar-refractivity contribution in [3.8, 4) is 11.1 Å². The quantitative estimate of drug-likeness (QED) is 0.186. The Hall–Kier alpha value is -3.69. The van der Waals surface area contributed by atoms with Gasteiger partial charge in [-0.05, 0) is 35.7 Å². The minimum absolute atomic E-state index is 0.379. The van der Waals surface area contributed by atoms with E-state index in [1.807, 2.05) is 18.2 Å². The lowest BCUT2D eigenvalue weighted by Crippen LogP contribution is -2.35. The van der Waals surface area contributed by atoms with Gasteiger partial charge in [0.05, 0.1) is 5.56 Å². The predicted octanol–water partition coefficient (Wildman–Crippen LogP) is 7.69. The highest BCUT2D eigenvalue weighted by Crippen LogP contribution is 2.34. The van der Waals surface area contributed by atoms with Crippen molar-refractivity contribution in [1.82, 2.24) is 0 Å². The third-order valence-electron chi connectivity index (χ3n) is 6.45. The number of thiazole rings is 1. The fraction of sp³-hybridized carbons (Fsp3) is 0.129. The molecule has 0 aliphatic rings. The van der Waals surface area contributed by atoms with Gasteiger partial charge in [-0.25, -0.2) is 0 Å². The maximum atomic E-state index is 6.38. The van der Waals surface area contributed by atoms with E-state index in [4.69, 9.17) is 5.73 Å². The van der Waals surface area contributed by atoms with Gasteiger partial charge in [-0.1, -0.05) is 103 Å². The molecule has 0 aliphatic carbocycles. The van der Waals surface area contributed by atoms with E-state index >= 15 is 0 Å². The lowest BCUT2D eigenvalue weighted by atomic mass is 9.87. The predicted molar refractivity (Wildman–Crippen MR) is 146 cm³/mol. The molecule has 2 N–H and O–H groups in total. The van der Waals surface area contributed by atoms with Crippen LogP contribution in [-0.2, 0) is 6.54 Å². The Morgan fingerprint density at radius 1 is 0.765 bits per heavy atom. The number of para-hydroxylation sites is 2. The summed E-state index contributed by atoms with van der Waals surface area (Å²) in [5.74, 6) is 0.379. The van der Waals surface area contributed by atoms with Gasteiger partial charge in [0.25, 0.3) is 5.01 Å². The van der Waals surface area contributed by atoms with E-state index in [9.17, 15) is 0 Å². The van der Waals surface area contributed by atoms with Gasteiger partial charge in [0.1, 0.15) is 4.70 Å². The zero-order valence-electron chi connectivity index (χ0n) is 19.2. The fourth-order valence-corrected chi connectivity index (χ4v) is 5.91. The van der Waals surface area contributed by atoms with Crippen LogP contribution in [0, 0.1) is 0 Å². The molecule has 0 amide bonds. The highest BCUT2D eigenvalue weighted by Gasteiger charge is 2.24. The van der Waals surface area contributed by atoms with Crippen LogP contribution in [-0.4, -0.2) is 0 Å². The Bertz CT molecular complexity index is 1360. The summed E-state index contributed by atoms with van der Waals surface area (Å²) in [6.45, 7) is 5.04. The summed E-state index contributed by atoms with van der Waals surface area (Å²) < 4.78 is 3.69. The highest BCUT2D eigenvalue weighted by atomic mass is 32.1. The summed E-state index contributed by atoms with van der Waals surface area (Å²) in [5.41, 5.74) is 13.4. The number of nitrogens with two attached hydrogens (primary N) is 1. The van der Waals surface area contributed by atoms with Crippen LogP contribution in [0.1, 0.15) is 34.9 Å². The first-order valence-corrected chi connectivity index (χ1v) is 12.6. The normalized spacial score (nSPS) is 11.2. The maximum Gasteiger partial charge on any atom is 0.262 e. The van der Waals surface area contributed by atoms with Crippen molar-refractivity contribution in [3.63, 3.8) is 0 Å². The van der Waals surface area contributed by atoms with Crippen molar-refractivity contribution in [2.24, 2.45) is 0 Å². The van der Waals surface area contributed by atoms with E-state index in [0.717, 1.165) is 30.6 Å². The molecule has 0 unspecified atom stereocenters. The van der Waals surface area contributed by atoms with Crippen LogP contribution in [0.15, 0.2) is 110 Å². The van der Waals surface area contributed by atoms with Crippen LogP contribution in [0.2, 0.25) is 0 Å². The number of hydrogen-bond acceptors (Lipinski definition) is 2. The number of aromatic nitrogens is 1. The first-order valence-electron chi connectivity index (χ1n) is 11.8. The largest absolute Gasteiger partial charge is 0.398 e. The van der Waals surface area contributed by atoms with Crippen LogP contribution >= 0.6 is 11.3 Å². The molecule has 34 heavy (non-hydrogen) atoms. The smallest absolute Gasteiger partial charge is 0.262 e. The monoisotopic (exact) mass is 461 g/mol. The van der Waals surface area contributed by atoms with Crippen molar-refractivity contribution in [2.75, 3.05) is 5.73 Å². The molecule has 0 radical (unpaired) electrons. The van der Waals surface area contributed by atoms with Crippen LogP contribution in [0.3, 0.4) is 0 Å².